The SMILES string of the molecule is CCCc1ccccc1S(=O)(=O)Nc1ccnc(-c2cccc(C)c2Cl)n1. The van der Waals surface area contributed by atoms with E-state index >= 15 is 0 Å². The molecule has 0 amide bonds. The Balaban J connectivity index is 1.96. The molecule has 0 aliphatic carbocycles. The molecule has 0 fully saturated rings. The Kier molecular flexibility index (Phi) is 5.77. The molecular weight excluding hydrogens is 382 g/mol. The number of rotatable bonds is 6. The summed E-state index contributed by atoms with van der Waals surface area (Å²) in [5.41, 5.74) is 2.34. The summed E-state index contributed by atoms with van der Waals surface area (Å²) >= 11 is 6.35. The van der Waals surface area contributed by atoms with Crippen LogP contribution in [0.5, 0.6) is 0 Å². The minimum atomic E-state index is -3.76. The van der Waals surface area contributed by atoms with E-state index in [0.29, 0.717) is 22.8 Å². The van der Waals surface area contributed by atoms with Gasteiger partial charge in [-0.2, -0.15) is 0 Å². The molecule has 1 heterocycles. The van der Waals surface area contributed by atoms with Gasteiger partial charge in [-0.3, -0.25) is 4.72 Å². The highest BCUT2D eigenvalue weighted by atomic mass is 35.5. The van der Waals surface area contributed by atoms with Crippen LogP contribution in [-0.4, -0.2) is 18.4 Å². The van der Waals surface area contributed by atoms with E-state index in [1.807, 2.05) is 38.1 Å². The molecule has 0 bridgehead atoms. The Morgan fingerprint density at radius 2 is 1.85 bits per heavy atom. The van der Waals surface area contributed by atoms with Gasteiger partial charge in [0.1, 0.15) is 5.82 Å². The molecule has 3 aromatic rings. The van der Waals surface area contributed by atoms with Crippen molar-refractivity contribution in [1.82, 2.24) is 9.97 Å². The zero-order valence-electron chi connectivity index (χ0n) is 15.1. The molecule has 3 rings (SSSR count). The summed E-state index contributed by atoms with van der Waals surface area (Å²) < 4.78 is 28.3. The Hall–Kier alpha value is -2.44. The maximum atomic E-state index is 12.9. The van der Waals surface area contributed by atoms with Gasteiger partial charge in [0.05, 0.1) is 9.92 Å². The summed E-state index contributed by atoms with van der Waals surface area (Å²) in [7, 11) is -3.76. The average Bonchev–Trinajstić information content (AvgIpc) is 2.64. The van der Waals surface area contributed by atoms with Crippen LogP contribution in [0.2, 0.25) is 5.02 Å². The van der Waals surface area contributed by atoms with E-state index in [9.17, 15) is 8.42 Å². The molecule has 0 saturated heterocycles. The van der Waals surface area contributed by atoms with Gasteiger partial charge in [0.15, 0.2) is 5.82 Å². The van der Waals surface area contributed by atoms with Gasteiger partial charge in [0.25, 0.3) is 10.0 Å². The zero-order valence-corrected chi connectivity index (χ0v) is 16.7. The number of sulfonamides is 1. The molecule has 140 valence electrons. The predicted octanol–water partition coefficient (Wildman–Crippen LogP) is 4.86. The second kappa shape index (κ2) is 8.06. The van der Waals surface area contributed by atoms with E-state index < -0.39 is 10.0 Å². The molecule has 0 unspecified atom stereocenters. The molecule has 0 aliphatic rings. The maximum absolute atomic E-state index is 12.9. The molecule has 0 spiro atoms. The lowest BCUT2D eigenvalue weighted by atomic mass is 10.1. The predicted molar refractivity (Wildman–Crippen MR) is 108 cm³/mol. The van der Waals surface area contributed by atoms with E-state index in [-0.39, 0.29) is 10.7 Å². The Morgan fingerprint density at radius 3 is 2.63 bits per heavy atom. The van der Waals surface area contributed by atoms with E-state index in [1.54, 1.807) is 18.2 Å². The monoisotopic (exact) mass is 401 g/mol. The summed E-state index contributed by atoms with van der Waals surface area (Å²) in [6, 6.07) is 14.1. The molecular formula is C20H20ClN3O2S. The average molecular weight is 402 g/mol. The van der Waals surface area contributed by atoms with Crippen molar-refractivity contribution >= 4 is 27.4 Å². The fourth-order valence-electron chi connectivity index (χ4n) is 2.80. The number of hydrogen-bond donors (Lipinski definition) is 1. The van der Waals surface area contributed by atoms with Crippen LogP contribution in [0.25, 0.3) is 11.4 Å². The van der Waals surface area contributed by atoms with Crippen molar-refractivity contribution in [1.29, 1.82) is 0 Å². The minimum absolute atomic E-state index is 0.198. The number of nitrogens with zero attached hydrogens (tertiary/aromatic N) is 2. The molecule has 0 aliphatic heterocycles. The Morgan fingerprint density at radius 1 is 1.07 bits per heavy atom. The summed E-state index contributed by atoms with van der Waals surface area (Å²) in [4.78, 5) is 8.84. The molecule has 7 heteroatoms. The van der Waals surface area contributed by atoms with Gasteiger partial charge in [0, 0.05) is 11.8 Å². The van der Waals surface area contributed by atoms with Gasteiger partial charge in [-0.15, -0.1) is 0 Å². The van der Waals surface area contributed by atoms with Crippen LogP contribution in [-0.2, 0) is 16.4 Å². The summed E-state index contributed by atoms with van der Waals surface area (Å²) in [5, 5.41) is 0.547. The molecule has 5 nitrogen and oxygen atoms in total. The van der Waals surface area contributed by atoms with Crippen LogP contribution in [0.3, 0.4) is 0 Å². The minimum Gasteiger partial charge on any atom is -0.263 e. The number of hydrogen-bond acceptors (Lipinski definition) is 4. The van der Waals surface area contributed by atoms with Crippen LogP contribution in [0.15, 0.2) is 59.6 Å². The highest BCUT2D eigenvalue weighted by Crippen LogP contribution is 2.29. The molecule has 0 radical (unpaired) electrons. The quantitative estimate of drug-likeness (QED) is 0.640. The Labute approximate surface area is 164 Å². The topological polar surface area (TPSA) is 72.0 Å². The van der Waals surface area contributed by atoms with Crippen molar-refractivity contribution in [3.63, 3.8) is 0 Å². The second-order valence-electron chi connectivity index (χ2n) is 6.17. The highest BCUT2D eigenvalue weighted by molar-refractivity contribution is 7.92. The summed E-state index contributed by atoms with van der Waals surface area (Å²) in [5.74, 6) is 0.564. The first-order valence-electron chi connectivity index (χ1n) is 8.61. The maximum Gasteiger partial charge on any atom is 0.263 e. The lowest BCUT2D eigenvalue weighted by Crippen LogP contribution is -2.16. The largest absolute Gasteiger partial charge is 0.263 e. The van der Waals surface area contributed by atoms with Crippen molar-refractivity contribution in [2.45, 2.75) is 31.6 Å². The van der Waals surface area contributed by atoms with Crippen molar-refractivity contribution in [3.05, 3.63) is 70.9 Å². The van der Waals surface area contributed by atoms with Gasteiger partial charge in [-0.1, -0.05) is 55.3 Å². The van der Waals surface area contributed by atoms with E-state index in [4.69, 9.17) is 11.6 Å². The smallest absolute Gasteiger partial charge is 0.263 e. The van der Waals surface area contributed by atoms with Crippen molar-refractivity contribution in [2.75, 3.05) is 4.72 Å². The van der Waals surface area contributed by atoms with Gasteiger partial charge >= 0.3 is 0 Å². The molecule has 2 aromatic carbocycles. The van der Waals surface area contributed by atoms with E-state index in [2.05, 4.69) is 14.7 Å². The number of nitrogens with one attached hydrogen (secondary N) is 1. The zero-order chi connectivity index (χ0) is 19.4. The first-order chi connectivity index (χ1) is 12.9. The van der Waals surface area contributed by atoms with Crippen LogP contribution in [0.1, 0.15) is 24.5 Å². The highest BCUT2D eigenvalue weighted by Gasteiger charge is 2.19. The third-order valence-electron chi connectivity index (χ3n) is 4.11. The standard InChI is InChI=1S/C20H20ClN3O2S/c1-3-7-15-9-4-5-11-17(15)27(25,26)24-18-12-13-22-20(23-18)16-10-6-8-14(2)19(16)21/h4-6,8-13H,3,7H2,1-2H3,(H,22,23,24). The number of aryl methyl sites for hydroxylation is 2. The third kappa shape index (κ3) is 4.28. The van der Waals surface area contributed by atoms with E-state index in [1.165, 1.54) is 12.3 Å². The third-order valence-corrected chi connectivity index (χ3v) is 6.07. The molecule has 0 atom stereocenters. The first kappa shape index (κ1) is 19.3. The number of halogens is 1. The fraction of sp³-hybridized carbons (Fsp3) is 0.200. The van der Waals surface area contributed by atoms with Crippen LogP contribution in [0, 0.1) is 6.92 Å². The van der Waals surface area contributed by atoms with Crippen LogP contribution in [0.4, 0.5) is 5.82 Å². The number of anilines is 1. The van der Waals surface area contributed by atoms with Gasteiger partial charge in [-0.05, 0) is 42.7 Å². The van der Waals surface area contributed by atoms with Crippen molar-refractivity contribution < 1.29 is 8.42 Å². The molecule has 27 heavy (non-hydrogen) atoms. The van der Waals surface area contributed by atoms with Crippen LogP contribution >= 0.6 is 11.6 Å². The van der Waals surface area contributed by atoms with Gasteiger partial charge in [0.2, 0.25) is 0 Å². The molecule has 0 saturated carbocycles. The molecule has 1 N–H and O–H groups in total. The van der Waals surface area contributed by atoms with Gasteiger partial charge in [-0.25, -0.2) is 18.4 Å². The van der Waals surface area contributed by atoms with Crippen molar-refractivity contribution in [3.8, 4) is 11.4 Å². The number of aromatic nitrogens is 2. The lowest BCUT2D eigenvalue weighted by molar-refractivity contribution is 0.599. The van der Waals surface area contributed by atoms with Crippen LogP contribution < -0.4 is 4.72 Å². The molecule has 1 aromatic heterocycles. The second-order valence-corrected chi connectivity index (χ2v) is 8.19. The van der Waals surface area contributed by atoms with E-state index in [0.717, 1.165) is 17.5 Å². The summed E-state index contributed by atoms with van der Waals surface area (Å²) in [6.07, 6.45) is 3.05. The summed E-state index contributed by atoms with van der Waals surface area (Å²) in [6.45, 7) is 3.90. The first-order valence-corrected chi connectivity index (χ1v) is 10.5. The van der Waals surface area contributed by atoms with Gasteiger partial charge < -0.3 is 0 Å². The normalized spacial score (nSPS) is 11.4. The lowest BCUT2D eigenvalue weighted by Gasteiger charge is -2.12. The fourth-order valence-corrected chi connectivity index (χ4v) is 4.28. The van der Waals surface area contributed by atoms with Crippen molar-refractivity contribution in [2.24, 2.45) is 0 Å². The number of benzene rings is 2. The Bertz CT molecular complexity index is 1070.